The molecule has 0 unspecified atom stereocenters. The summed E-state index contributed by atoms with van der Waals surface area (Å²) in [4.78, 5) is 42.5. The first-order valence-corrected chi connectivity index (χ1v) is 12.4. The zero-order chi connectivity index (χ0) is 24.6. The molecule has 0 saturated carbocycles. The summed E-state index contributed by atoms with van der Waals surface area (Å²) in [7, 11) is 1.32. The third-order valence-corrected chi connectivity index (χ3v) is 6.75. The fourth-order valence-electron chi connectivity index (χ4n) is 3.80. The molecule has 35 heavy (non-hydrogen) atoms. The number of ketones is 1. The maximum Gasteiger partial charge on any atom is 0.337 e. The molecule has 178 valence electrons. The van der Waals surface area contributed by atoms with Crippen LogP contribution in [0, 0.1) is 0 Å². The summed E-state index contributed by atoms with van der Waals surface area (Å²) in [5.74, 6) is 0.260. The number of carbonyl (C=O) groups excluding carboxylic acids is 2. The highest BCUT2D eigenvalue weighted by molar-refractivity contribution is 7.99. The lowest BCUT2D eigenvalue weighted by atomic mass is 10.1. The fraction of sp³-hybridized carbons (Fsp3) is 0.214. The van der Waals surface area contributed by atoms with Gasteiger partial charge in [0.2, 0.25) is 0 Å². The van der Waals surface area contributed by atoms with E-state index in [1.165, 1.54) is 18.9 Å². The van der Waals surface area contributed by atoms with Crippen LogP contribution in [-0.4, -0.2) is 34.2 Å². The van der Waals surface area contributed by atoms with E-state index >= 15 is 0 Å². The molecule has 0 radical (unpaired) electrons. The molecule has 0 aliphatic rings. The van der Waals surface area contributed by atoms with Crippen molar-refractivity contribution in [2.45, 2.75) is 31.0 Å². The molecule has 0 atom stereocenters. The molecule has 0 spiro atoms. The van der Waals surface area contributed by atoms with Crippen molar-refractivity contribution in [3.63, 3.8) is 0 Å². The largest absolute Gasteiger partial charge is 0.465 e. The monoisotopic (exact) mass is 486 g/mol. The minimum absolute atomic E-state index is 0.0989. The van der Waals surface area contributed by atoms with Crippen molar-refractivity contribution in [1.29, 1.82) is 0 Å². The summed E-state index contributed by atoms with van der Waals surface area (Å²) in [6.07, 6.45) is 1.77. The number of aryl methyl sites for hydroxylation is 1. The fourth-order valence-corrected chi connectivity index (χ4v) is 4.77. The summed E-state index contributed by atoms with van der Waals surface area (Å²) in [5, 5.41) is 1.03. The lowest BCUT2D eigenvalue weighted by Crippen LogP contribution is -2.24. The van der Waals surface area contributed by atoms with Crippen molar-refractivity contribution >= 4 is 34.4 Å². The number of carbonyl (C=O) groups is 2. The van der Waals surface area contributed by atoms with Gasteiger partial charge in [-0.05, 0) is 36.6 Å². The number of methoxy groups -OCH3 is 1. The molecule has 4 rings (SSSR count). The standard InChI is InChI=1S/C28H26N2O4S/c1-34-27(33)22-14-15-23-24(19-22)29-28(30(26(23)32)17-16-20-9-4-2-5-10-20)35-18-8-13-25(31)21-11-6-3-7-12-21/h2-7,9-12,14-15,19H,8,13,16-18H2,1H3. The van der Waals surface area contributed by atoms with E-state index in [0.717, 1.165) is 5.56 Å². The van der Waals surface area contributed by atoms with Crippen molar-refractivity contribution in [2.75, 3.05) is 12.9 Å². The lowest BCUT2D eigenvalue weighted by Gasteiger charge is -2.14. The molecule has 0 amide bonds. The molecule has 1 heterocycles. The molecule has 0 saturated heterocycles. The topological polar surface area (TPSA) is 78.3 Å². The van der Waals surface area contributed by atoms with Crippen LogP contribution in [0.2, 0.25) is 0 Å². The number of ether oxygens (including phenoxy) is 1. The quantitative estimate of drug-likeness (QED) is 0.101. The number of fused-ring (bicyclic) bond motifs is 1. The zero-order valence-electron chi connectivity index (χ0n) is 19.5. The maximum atomic E-state index is 13.4. The highest BCUT2D eigenvalue weighted by atomic mass is 32.2. The van der Waals surface area contributed by atoms with Crippen molar-refractivity contribution in [3.05, 3.63) is 106 Å². The number of nitrogens with zero attached hydrogens (tertiary/aromatic N) is 2. The summed E-state index contributed by atoms with van der Waals surface area (Å²) >= 11 is 1.45. The number of Topliss-reactive ketones (excluding diaryl/α,β-unsaturated/α-hetero) is 1. The Morgan fingerprint density at radius 3 is 2.37 bits per heavy atom. The van der Waals surface area contributed by atoms with Crippen LogP contribution in [0.5, 0.6) is 0 Å². The minimum Gasteiger partial charge on any atom is -0.465 e. The third-order valence-electron chi connectivity index (χ3n) is 5.68. The first-order chi connectivity index (χ1) is 17.1. The van der Waals surface area contributed by atoms with E-state index in [4.69, 9.17) is 9.72 Å². The molecular formula is C28H26N2O4S. The van der Waals surface area contributed by atoms with Gasteiger partial charge in [0.25, 0.3) is 5.56 Å². The number of hydrogen-bond donors (Lipinski definition) is 0. The molecule has 0 aliphatic carbocycles. The second kappa shape index (κ2) is 11.6. The first-order valence-electron chi connectivity index (χ1n) is 11.4. The van der Waals surface area contributed by atoms with Crippen molar-refractivity contribution in [1.82, 2.24) is 9.55 Å². The summed E-state index contributed by atoms with van der Waals surface area (Å²) < 4.78 is 6.50. The van der Waals surface area contributed by atoms with E-state index in [9.17, 15) is 14.4 Å². The molecule has 0 aliphatic heterocycles. The Balaban J connectivity index is 1.56. The highest BCUT2D eigenvalue weighted by Gasteiger charge is 2.15. The normalized spacial score (nSPS) is 10.9. The average Bonchev–Trinajstić information content (AvgIpc) is 2.91. The molecule has 4 aromatic rings. The van der Waals surface area contributed by atoms with Gasteiger partial charge in [-0.15, -0.1) is 0 Å². The van der Waals surface area contributed by atoms with Gasteiger partial charge in [-0.3, -0.25) is 14.2 Å². The van der Waals surface area contributed by atoms with Crippen molar-refractivity contribution in [3.8, 4) is 0 Å². The van der Waals surface area contributed by atoms with Crippen molar-refractivity contribution in [2.24, 2.45) is 0 Å². The predicted molar refractivity (Wildman–Crippen MR) is 138 cm³/mol. The molecule has 0 N–H and O–H groups in total. The number of rotatable bonds is 10. The van der Waals surface area contributed by atoms with Crippen LogP contribution >= 0.6 is 11.8 Å². The number of hydrogen-bond acceptors (Lipinski definition) is 6. The van der Waals surface area contributed by atoms with Gasteiger partial charge in [-0.2, -0.15) is 0 Å². The first kappa shape index (κ1) is 24.4. The summed E-state index contributed by atoms with van der Waals surface area (Å²) in [6, 6.07) is 24.0. The smallest absolute Gasteiger partial charge is 0.337 e. The second-order valence-electron chi connectivity index (χ2n) is 8.05. The van der Waals surface area contributed by atoms with E-state index in [1.54, 1.807) is 22.8 Å². The Kier molecular flexibility index (Phi) is 8.11. The second-order valence-corrected chi connectivity index (χ2v) is 9.11. The van der Waals surface area contributed by atoms with Gasteiger partial charge in [0.15, 0.2) is 10.9 Å². The zero-order valence-corrected chi connectivity index (χ0v) is 20.3. The van der Waals surface area contributed by atoms with Crippen LogP contribution < -0.4 is 5.56 Å². The molecule has 7 heteroatoms. The van der Waals surface area contributed by atoms with E-state index in [1.807, 2.05) is 60.7 Å². The molecule has 0 bridgehead atoms. The van der Waals surface area contributed by atoms with E-state index in [0.29, 0.717) is 58.7 Å². The molecule has 6 nitrogen and oxygen atoms in total. The number of thioether (sulfide) groups is 1. The maximum absolute atomic E-state index is 13.4. The van der Waals surface area contributed by atoms with E-state index in [-0.39, 0.29) is 11.3 Å². The number of aromatic nitrogens is 2. The molecular weight excluding hydrogens is 460 g/mol. The Bertz CT molecular complexity index is 1390. The lowest BCUT2D eigenvalue weighted by molar-refractivity contribution is 0.0600. The van der Waals surface area contributed by atoms with Gasteiger partial charge in [-0.25, -0.2) is 9.78 Å². The average molecular weight is 487 g/mol. The van der Waals surface area contributed by atoms with Gasteiger partial charge in [-0.1, -0.05) is 72.4 Å². The number of esters is 1. The molecule has 1 aromatic heterocycles. The van der Waals surface area contributed by atoms with Crippen molar-refractivity contribution < 1.29 is 14.3 Å². The summed E-state index contributed by atoms with van der Waals surface area (Å²) in [5.41, 5.74) is 2.49. The Labute approximate surface area is 208 Å². The molecule has 0 fully saturated rings. The Morgan fingerprint density at radius 1 is 0.943 bits per heavy atom. The van der Waals surface area contributed by atoms with Gasteiger partial charge in [0.05, 0.1) is 23.6 Å². The van der Waals surface area contributed by atoms with E-state index in [2.05, 4.69) is 0 Å². The summed E-state index contributed by atoms with van der Waals surface area (Å²) in [6.45, 7) is 0.482. The van der Waals surface area contributed by atoms with Crippen LogP contribution in [0.15, 0.2) is 88.8 Å². The van der Waals surface area contributed by atoms with Gasteiger partial charge < -0.3 is 4.74 Å². The van der Waals surface area contributed by atoms with Crippen LogP contribution in [0.4, 0.5) is 0 Å². The van der Waals surface area contributed by atoms with Gasteiger partial charge in [0, 0.05) is 24.3 Å². The Hall–Kier alpha value is -3.71. The predicted octanol–water partition coefficient (Wildman–Crippen LogP) is 5.18. The van der Waals surface area contributed by atoms with Crippen LogP contribution in [-0.2, 0) is 17.7 Å². The SMILES string of the molecule is COC(=O)c1ccc2c(=O)n(CCc3ccccc3)c(SCCCC(=O)c3ccccc3)nc2c1. The molecule has 3 aromatic carbocycles. The van der Waals surface area contributed by atoms with Crippen LogP contribution in [0.25, 0.3) is 10.9 Å². The van der Waals surface area contributed by atoms with Gasteiger partial charge >= 0.3 is 5.97 Å². The van der Waals surface area contributed by atoms with Gasteiger partial charge in [0.1, 0.15) is 0 Å². The Morgan fingerprint density at radius 2 is 1.66 bits per heavy atom. The van der Waals surface area contributed by atoms with E-state index < -0.39 is 5.97 Å². The van der Waals surface area contributed by atoms with Crippen LogP contribution in [0.1, 0.15) is 39.1 Å². The third kappa shape index (κ3) is 6.05. The minimum atomic E-state index is -0.476. The highest BCUT2D eigenvalue weighted by Crippen LogP contribution is 2.21. The number of benzene rings is 3. The van der Waals surface area contributed by atoms with Crippen LogP contribution in [0.3, 0.4) is 0 Å².